The second-order valence-electron chi connectivity index (χ2n) is 4.26. The number of hydrogen-bond acceptors (Lipinski definition) is 2. The Hall–Kier alpha value is -0.760. The minimum atomic E-state index is 0.926. The zero-order valence-corrected chi connectivity index (χ0v) is 8.91. The largest absolute Gasteiger partial charge is 0.468 e. The van der Waals surface area contributed by atoms with E-state index in [-0.39, 0.29) is 0 Å². The maximum atomic E-state index is 5.35. The monoisotopic (exact) mass is 193 g/mol. The molecule has 0 saturated carbocycles. The van der Waals surface area contributed by atoms with Crippen LogP contribution in [0.25, 0.3) is 0 Å². The first-order chi connectivity index (χ1) is 6.88. The third-order valence-corrected chi connectivity index (χ3v) is 3.03. The summed E-state index contributed by atoms with van der Waals surface area (Å²) in [6, 6.07) is 4.03. The summed E-state index contributed by atoms with van der Waals surface area (Å²) in [5.74, 6) is 2.03. The second kappa shape index (κ2) is 4.65. The van der Waals surface area contributed by atoms with E-state index < -0.39 is 0 Å². The van der Waals surface area contributed by atoms with Gasteiger partial charge in [-0.05, 0) is 37.4 Å². The minimum absolute atomic E-state index is 0.926. The second-order valence-corrected chi connectivity index (χ2v) is 4.26. The Balaban J connectivity index is 1.79. The van der Waals surface area contributed by atoms with Gasteiger partial charge in [-0.1, -0.05) is 13.3 Å². The van der Waals surface area contributed by atoms with E-state index in [9.17, 15) is 0 Å². The van der Waals surface area contributed by atoms with Crippen molar-refractivity contribution in [3.8, 4) is 0 Å². The third kappa shape index (κ3) is 2.38. The molecule has 2 heterocycles. The number of furan rings is 1. The van der Waals surface area contributed by atoms with Crippen LogP contribution >= 0.6 is 0 Å². The van der Waals surface area contributed by atoms with E-state index in [0.29, 0.717) is 0 Å². The van der Waals surface area contributed by atoms with E-state index in [1.807, 2.05) is 6.07 Å². The first-order valence-electron chi connectivity index (χ1n) is 5.63. The summed E-state index contributed by atoms with van der Waals surface area (Å²) in [5.41, 5.74) is 0. The summed E-state index contributed by atoms with van der Waals surface area (Å²) >= 11 is 0. The summed E-state index contributed by atoms with van der Waals surface area (Å²) in [6.07, 6.45) is 5.83. The molecule has 2 rings (SSSR count). The summed E-state index contributed by atoms with van der Waals surface area (Å²) in [7, 11) is 0. The number of nitrogens with zero attached hydrogens (tertiary/aromatic N) is 1. The molecule has 78 valence electrons. The van der Waals surface area contributed by atoms with E-state index in [1.54, 1.807) is 6.26 Å². The van der Waals surface area contributed by atoms with Crippen molar-refractivity contribution >= 4 is 0 Å². The van der Waals surface area contributed by atoms with Gasteiger partial charge in [-0.3, -0.25) is 4.90 Å². The predicted octanol–water partition coefficient (Wildman–Crippen LogP) is 2.90. The highest BCUT2D eigenvalue weighted by Crippen LogP contribution is 2.22. The van der Waals surface area contributed by atoms with Gasteiger partial charge in [-0.25, -0.2) is 0 Å². The summed E-state index contributed by atoms with van der Waals surface area (Å²) in [6.45, 7) is 5.77. The number of hydrogen-bond donors (Lipinski definition) is 0. The minimum Gasteiger partial charge on any atom is -0.468 e. The fourth-order valence-electron chi connectivity index (χ4n) is 2.32. The Bertz CT molecular complexity index is 255. The molecule has 1 aromatic heterocycles. The Morgan fingerprint density at radius 2 is 2.50 bits per heavy atom. The molecule has 0 radical (unpaired) electrons. The van der Waals surface area contributed by atoms with Gasteiger partial charge in [-0.15, -0.1) is 0 Å². The molecule has 1 saturated heterocycles. The van der Waals surface area contributed by atoms with Crippen LogP contribution in [0.3, 0.4) is 0 Å². The quantitative estimate of drug-likeness (QED) is 0.731. The van der Waals surface area contributed by atoms with Crippen LogP contribution in [-0.4, -0.2) is 18.0 Å². The molecule has 1 aliphatic heterocycles. The van der Waals surface area contributed by atoms with Gasteiger partial charge < -0.3 is 4.42 Å². The van der Waals surface area contributed by atoms with Crippen molar-refractivity contribution in [2.24, 2.45) is 5.92 Å². The summed E-state index contributed by atoms with van der Waals surface area (Å²) < 4.78 is 5.35. The smallest absolute Gasteiger partial charge is 0.117 e. The van der Waals surface area contributed by atoms with Crippen molar-refractivity contribution in [3.63, 3.8) is 0 Å². The molecule has 2 nitrogen and oxygen atoms in total. The lowest BCUT2D eigenvalue weighted by molar-refractivity contribution is 0.284. The lowest BCUT2D eigenvalue weighted by Crippen LogP contribution is -2.19. The highest BCUT2D eigenvalue weighted by Gasteiger charge is 2.21. The topological polar surface area (TPSA) is 16.4 Å². The van der Waals surface area contributed by atoms with Crippen molar-refractivity contribution in [1.29, 1.82) is 0 Å². The SMILES string of the molecule is CCCC1CCN(Cc2ccco2)C1. The molecular weight excluding hydrogens is 174 g/mol. The van der Waals surface area contributed by atoms with Gasteiger partial charge in [0.25, 0.3) is 0 Å². The standard InChI is InChI=1S/C12H19NO/c1-2-4-11-6-7-13(9-11)10-12-5-3-8-14-12/h3,5,8,11H,2,4,6-7,9-10H2,1H3. The lowest BCUT2D eigenvalue weighted by atomic mass is 10.0. The molecule has 1 atom stereocenters. The summed E-state index contributed by atoms with van der Waals surface area (Å²) in [5, 5.41) is 0. The highest BCUT2D eigenvalue weighted by molar-refractivity contribution is 4.98. The van der Waals surface area contributed by atoms with Crippen molar-refractivity contribution in [2.75, 3.05) is 13.1 Å². The average Bonchev–Trinajstić information content (AvgIpc) is 2.79. The first kappa shape index (κ1) is 9.78. The van der Waals surface area contributed by atoms with Crippen LogP contribution < -0.4 is 0 Å². The first-order valence-corrected chi connectivity index (χ1v) is 5.63. The molecule has 0 amide bonds. The van der Waals surface area contributed by atoms with E-state index >= 15 is 0 Å². The van der Waals surface area contributed by atoms with Crippen LogP contribution in [0.2, 0.25) is 0 Å². The molecule has 0 spiro atoms. The number of rotatable bonds is 4. The van der Waals surface area contributed by atoms with Crippen molar-refractivity contribution < 1.29 is 4.42 Å². The Morgan fingerprint density at radius 3 is 3.21 bits per heavy atom. The van der Waals surface area contributed by atoms with Crippen LogP contribution in [0.1, 0.15) is 31.9 Å². The van der Waals surface area contributed by atoms with Gasteiger partial charge in [-0.2, -0.15) is 0 Å². The lowest BCUT2D eigenvalue weighted by Gasteiger charge is -2.13. The van der Waals surface area contributed by atoms with Crippen molar-refractivity contribution in [3.05, 3.63) is 24.2 Å². The maximum absolute atomic E-state index is 5.35. The Labute approximate surface area is 85.9 Å². The molecule has 1 unspecified atom stereocenters. The molecule has 0 N–H and O–H groups in total. The van der Waals surface area contributed by atoms with Gasteiger partial charge in [0.1, 0.15) is 5.76 Å². The average molecular weight is 193 g/mol. The molecule has 1 aromatic rings. The van der Waals surface area contributed by atoms with Crippen LogP contribution in [-0.2, 0) is 6.54 Å². The fraction of sp³-hybridized carbons (Fsp3) is 0.667. The molecule has 1 fully saturated rings. The van der Waals surface area contributed by atoms with Gasteiger partial charge in [0.15, 0.2) is 0 Å². The number of likely N-dealkylation sites (tertiary alicyclic amines) is 1. The Kier molecular flexibility index (Phi) is 3.25. The normalized spacial score (nSPS) is 23.1. The molecule has 2 heteroatoms. The van der Waals surface area contributed by atoms with E-state index in [2.05, 4.69) is 17.9 Å². The Morgan fingerprint density at radius 1 is 1.57 bits per heavy atom. The van der Waals surface area contributed by atoms with E-state index in [0.717, 1.165) is 18.2 Å². The maximum Gasteiger partial charge on any atom is 0.117 e. The van der Waals surface area contributed by atoms with Crippen molar-refractivity contribution in [1.82, 2.24) is 4.90 Å². The van der Waals surface area contributed by atoms with Crippen LogP contribution in [0.5, 0.6) is 0 Å². The van der Waals surface area contributed by atoms with Crippen LogP contribution in [0, 0.1) is 5.92 Å². The molecule has 0 bridgehead atoms. The molecular formula is C12H19NO. The molecule has 14 heavy (non-hydrogen) atoms. The van der Waals surface area contributed by atoms with E-state index in [1.165, 1.54) is 32.4 Å². The van der Waals surface area contributed by atoms with Crippen molar-refractivity contribution in [2.45, 2.75) is 32.7 Å². The van der Waals surface area contributed by atoms with Gasteiger partial charge >= 0.3 is 0 Å². The molecule has 1 aliphatic rings. The zero-order valence-electron chi connectivity index (χ0n) is 8.91. The van der Waals surface area contributed by atoms with Gasteiger partial charge in [0.05, 0.1) is 12.8 Å². The van der Waals surface area contributed by atoms with Gasteiger partial charge in [0, 0.05) is 6.54 Å². The van der Waals surface area contributed by atoms with Gasteiger partial charge in [0.2, 0.25) is 0 Å². The summed E-state index contributed by atoms with van der Waals surface area (Å²) in [4.78, 5) is 2.50. The zero-order chi connectivity index (χ0) is 9.80. The van der Waals surface area contributed by atoms with Crippen LogP contribution in [0.4, 0.5) is 0 Å². The fourth-order valence-corrected chi connectivity index (χ4v) is 2.32. The van der Waals surface area contributed by atoms with E-state index in [4.69, 9.17) is 4.42 Å². The van der Waals surface area contributed by atoms with Crippen LogP contribution in [0.15, 0.2) is 22.8 Å². The predicted molar refractivity (Wildman–Crippen MR) is 57.0 cm³/mol. The highest BCUT2D eigenvalue weighted by atomic mass is 16.3. The third-order valence-electron chi connectivity index (χ3n) is 3.03. The molecule has 0 aliphatic carbocycles. The molecule has 0 aromatic carbocycles.